The van der Waals surface area contributed by atoms with Crippen LogP contribution in [0.4, 0.5) is 0 Å². The van der Waals surface area contributed by atoms with Crippen molar-refractivity contribution in [1.82, 2.24) is 4.90 Å². The number of rotatable bonds is 2. The summed E-state index contributed by atoms with van der Waals surface area (Å²) in [7, 11) is 2.11. The molecule has 2 atom stereocenters. The van der Waals surface area contributed by atoms with Crippen LogP contribution in [-0.2, 0) is 4.84 Å². The van der Waals surface area contributed by atoms with Gasteiger partial charge in [-0.05, 0) is 26.1 Å². The fourth-order valence-corrected chi connectivity index (χ4v) is 2.23. The highest BCUT2D eigenvalue weighted by molar-refractivity contribution is 5.91. The summed E-state index contributed by atoms with van der Waals surface area (Å²) in [5.41, 5.74) is 1.50. The van der Waals surface area contributed by atoms with Crippen LogP contribution in [0.2, 0.25) is 0 Å². The third kappa shape index (κ3) is 3.41. The molecule has 1 aliphatic heterocycles. The van der Waals surface area contributed by atoms with Crippen molar-refractivity contribution in [3.63, 3.8) is 0 Å². The SMILES string of the molecule is C[C@@H]1CN(C)[C@H](C)C/C1=N\OC(=O)c1ccccc1. The van der Waals surface area contributed by atoms with Gasteiger partial charge in [-0.25, -0.2) is 4.79 Å². The summed E-state index contributed by atoms with van der Waals surface area (Å²) in [6.45, 7) is 5.21. The molecule has 0 N–H and O–H groups in total. The molecule has 0 aromatic heterocycles. The van der Waals surface area contributed by atoms with Crippen LogP contribution < -0.4 is 0 Å². The molecule has 4 heteroatoms. The maximum absolute atomic E-state index is 11.8. The minimum Gasteiger partial charge on any atom is -0.313 e. The van der Waals surface area contributed by atoms with E-state index in [1.165, 1.54) is 0 Å². The first-order valence-electron chi connectivity index (χ1n) is 6.61. The van der Waals surface area contributed by atoms with Crippen LogP contribution in [0.1, 0.15) is 30.6 Å². The van der Waals surface area contributed by atoms with Crippen molar-refractivity contribution in [2.45, 2.75) is 26.3 Å². The van der Waals surface area contributed by atoms with E-state index < -0.39 is 5.97 Å². The van der Waals surface area contributed by atoms with Crippen molar-refractivity contribution in [3.8, 4) is 0 Å². The minimum absolute atomic E-state index is 0.324. The van der Waals surface area contributed by atoms with Gasteiger partial charge in [0.2, 0.25) is 0 Å². The van der Waals surface area contributed by atoms with Crippen LogP contribution in [-0.4, -0.2) is 36.2 Å². The molecule has 1 fully saturated rings. The Hall–Kier alpha value is -1.68. The van der Waals surface area contributed by atoms with Gasteiger partial charge in [0.1, 0.15) is 0 Å². The van der Waals surface area contributed by atoms with Crippen LogP contribution in [0.15, 0.2) is 35.5 Å². The van der Waals surface area contributed by atoms with E-state index in [1.807, 2.05) is 18.2 Å². The number of nitrogens with zero attached hydrogens (tertiary/aromatic N) is 2. The summed E-state index contributed by atoms with van der Waals surface area (Å²) >= 11 is 0. The second kappa shape index (κ2) is 5.97. The van der Waals surface area contributed by atoms with Gasteiger partial charge in [0.05, 0.1) is 11.3 Å². The van der Waals surface area contributed by atoms with E-state index in [2.05, 4.69) is 31.0 Å². The van der Waals surface area contributed by atoms with Gasteiger partial charge in [-0.3, -0.25) is 0 Å². The number of carbonyl (C=O) groups is 1. The highest BCUT2D eigenvalue weighted by Crippen LogP contribution is 2.18. The zero-order chi connectivity index (χ0) is 13.8. The van der Waals surface area contributed by atoms with Gasteiger partial charge in [-0.2, -0.15) is 0 Å². The standard InChI is InChI=1S/C15H20N2O2/c1-11-10-17(3)12(2)9-14(11)16-19-15(18)13-7-5-4-6-8-13/h4-8,11-12H,9-10H2,1-3H3/b16-14+/t11-,12-/m1/s1. The molecule has 0 aliphatic carbocycles. The number of oxime groups is 1. The smallest absolute Gasteiger partial charge is 0.313 e. The largest absolute Gasteiger partial charge is 0.365 e. The van der Waals surface area contributed by atoms with Crippen LogP contribution in [0.3, 0.4) is 0 Å². The van der Waals surface area contributed by atoms with Crippen LogP contribution in [0.25, 0.3) is 0 Å². The normalized spacial score (nSPS) is 26.4. The van der Waals surface area contributed by atoms with Crippen molar-refractivity contribution in [1.29, 1.82) is 0 Å². The van der Waals surface area contributed by atoms with E-state index in [4.69, 9.17) is 4.84 Å². The first kappa shape index (κ1) is 13.7. The highest BCUT2D eigenvalue weighted by Gasteiger charge is 2.26. The van der Waals surface area contributed by atoms with Crippen molar-refractivity contribution in [2.24, 2.45) is 11.1 Å². The summed E-state index contributed by atoms with van der Waals surface area (Å²) in [6, 6.07) is 9.37. The van der Waals surface area contributed by atoms with Gasteiger partial charge < -0.3 is 9.74 Å². The van der Waals surface area contributed by atoms with Crippen LogP contribution >= 0.6 is 0 Å². The molecule has 102 valence electrons. The van der Waals surface area contributed by atoms with Gasteiger partial charge in [-0.15, -0.1) is 0 Å². The van der Waals surface area contributed by atoms with Crippen LogP contribution in [0, 0.1) is 5.92 Å². The Kier molecular flexibility index (Phi) is 4.32. The fraction of sp³-hybridized carbons (Fsp3) is 0.467. The number of hydrogen-bond acceptors (Lipinski definition) is 4. The first-order chi connectivity index (χ1) is 9.08. The Morgan fingerprint density at radius 3 is 2.68 bits per heavy atom. The van der Waals surface area contributed by atoms with Crippen molar-refractivity contribution < 1.29 is 9.63 Å². The number of carbonyl (C=O) groups excluding carboxylic acids is 1. The average molecular weight is 260 g/mol. The van der Waals surface area contributed by atoms with E-state index in [0.29, 0.717) is 17.5 Å². The Morgan fingerprint density at radius 1 is 1.32 bits per heavy atom. The van der Waals surface area contributed by atoms with Gasteiger partial charge in [0.15, 0.2) is 0 Å². The molecule has 2 rings (SSSR count). The Labute approximate surface area is 114 Å². The molecular weight excluding hydrogens is 240 g/mol. The van der Waals surface area contributed by atoms with E-state index >= 15 is 0 Å². The van der Waals surface area contributed by atoms with Gasteiger partial charge >= 0.3 is 5.97 Å². The summed E-state index contributed by atoms with van der Waals surface area (Å²) in [5, 5.41) is 4.07. The van der Waals surface area contributed by atoms with E-state index in [0.717, 1.165) is 18.7 Å². The zero-order valence-electron chi connectivity index (χ0n) is 11.7. The second-order valence-corrected chi connectivity index (χ2v) is 5.22. The molecule has 1 aromatic carbocycles. The lowest BCUT2D eigenvalue weighted by Crippen LogP contribution is -2.43. The molecule has 0 amide bonds. The minimum atomic E-state index is -0.396. The number of benzene rings is 1. The summed E-state index contributed by atoms with van der Waals surface area (Å²) in [5.74, 6) is -0.0725. The van der Waals surface area contributed by atoms with Gasteiger partial charge in [0.25, 0.3) is 0 Å². The molecule has 0 radical (unpaired) electrons. The molecule has 0 spiro atoms. The molecule has 1 aromatic rings. The quantitative estimate of drug-likeness (QED) is 0.606. The summed E-state index contributed by atoms with van der Waals surface area (Å²) < 4.78 is 0. The monoisotopic (exact) mass is 260 g/mol. The molecule has 4 nitrogen and oxygen atoms in total. The molecule has 19 heavy (non-hydrogen) atoms. The van der Waals surface area contributed by atoms with Gasteiger partial charge in [-0.1, -0.05) is 30.3 Å². The van der Waals surface area contributed by atoms with Crippen molar-refractivity contribution in [3.05, 3.63) is 35.9 Å². The van der Waals surface area contributed by atoms with Crippen molar-refractivity contribution >= 4 is 11.7 Å². The Morgan fingerprint density at radius 2 is 2.00 bits per heavy atom. The zero-order valence-corrected chi connectivity index (χ0v) is 11.7. The average Bonchev–Trinajstić information content (AvgIpc) is 2.42. The lowest BCUT2D eigenvalue weighted by atomic mass is 9.93. The molecular formula is C15H20N2O2. The predicted molar refractivity (Wildman–Crippen MR) is 75.2 cm³/mol. The Balaban J connectivity index is 2.00. The molecule has 1 heterocycles. The predicted octanol–water partition coefficient (Wildman–Crippen LogP) is 2.56. The van der Waals surface area contributed by atoms with Gasteiger partial charge in [0, 0.05) is 24.9 Å². The number of hydrogen-bond donors (Lipinski definition) is 0. The third-order valence-electron chi connectivity index (χ3n) is 3.64. The van der Waals surface area contributed by atoms with E-state index in [-0.39, 0.29) is 0 Å². The van der Waals surface area contributed by atoms with E-state index in [9.17, 15) is 4.79 Å². The third-order valence-corrected chi connectivity index (χ3v) is 3.64. The molecule has 1 saturated heterocycles. The molecule has 0 bridgehead atoms. The lowest BCUT2D eigenvalue weighted by molar-refractivity contribution is 0.0508. The second-order valence-electron chi connectivity index (χ2n) is 5.22. The highest BCUT2D eigenvalue weighted by atomic mass is 16.7. The lowest BCUT2D eigenvalue weighted by Gasteiger charge is -2.34. The summed E-state index contributed by atoms with van der Waals surface area (Å²) in [4.78, 5) is 19.1. The maximum Gasteiger partial charge on any atom is 0.365 e. The van der Waals surface area contributed by atoms with E-state index in [1.54, 1.807) is 12.1 Å². The molecule has 0 unspecified atom stereocenters. The molecule has 0 saturated carbocycles. The molecule has 1 aliphatic rings. The number of piperidine rings is 1. The first-order valence-corrected chi connectivity index (χ1v) is 6.61. The fourth-order valence-electron chi connectivity index (χ4n) is 2.23. The Bertz CT molecular complexity index is 470. The topological polar surface area (TPSA) is 41.9 Å². The number of likely N-dealkylation sites (tertiary alicyclic amines) is 1. The van der Waals surface area contributed by atoms with Crippen molar-refractivity contribution in [2.75, 3.05) is 13.6 Å². The van der Waals surface area contributed by atoms with Crippen LogP contribution in [0.5, 0.6) is 0 Å². The maximum atomic E-state index is 11.8. The summed E-state index contributed by atoms with van der Waals surface area (Å²) in [6.07, 6.45) is 0.847.